The van der Waals surface area contributed by atoms with Gasteiger partial charge in [-0.1, -0.05) is 17.7 Å². The van der Waals surface area contributed by atoms with E-state index in [4.69, 9.17) is 21.1 Å². The Labute approximate surface area is 214 Å². The van der Waals surface area contributed by atoms with Gasteiger partial charge >= 0.3 is 0 Å². The highest BCUT2D eigenvalue weighted by Gasteiger charge is 2.35. The average Bonchev–Trinajstić information content (AvgIpc) is 3.33. The zero-order valence-corrected chi connectivity index (χ0v) is 20.5. The van der Waals surface area contributed by atoms with E-state index < -0.39 is 6.04 Å². The van der Waals surface area contributed by atoms with Gasteiger partial charge in [-0.3, -0.25) is 19.3 Å². The number of hydrogen-bond donors (Lipinski definition) is 2. The summed E-state index contributed by atoms with van der Waals surface area (Å²) < 4.78 is 10.6. The average molecular weight is 514 g/mol. The zero-order chi connectivity index (χ0) is 25.1. The first-order chi connectivity index (χ1) is 17.5. The topological polar surface area (TPSA) is 103 Å². The van der Waals surface area contributed by atoms with Crippen molar-refractivity contribution in [2.45, 2.75) is 12.5 Å². The number of nitrogens with one attached hydrogen (secondary N) is 2. The van der Waals surface area contributed by atoms with Crippen molar-refractivity contribution in [3.63, 3.8) is 0 Å². The fraction of sp³-hybridized carbons (Fsp3) is 0.400. The Morgan fingerprint density at radius 2 is 1.83 bits per heavy atom. The van der Waals surface area contributed by atoms with E-state index >= 15 is 0 Å². The van der Waals surface area contributed by atoms with E-state index in [1.165, 1.54) is 4.90 Å². The van der Waals surface area contributed by atoms with Crippen LogP contribution in [0, 0.1) is 0 Å². The summed E-state index contributed by atoms with van der Waals surface area (Å²) in [6.45, 7) is 4.06. The molecule has 2 N–H and O–H groups in total. The molecule has 0 saturated carbocycles. The van der Waals surface area contributed by atoms with Crippen LogP contribution >= 0.6 is 11.6 Å². The summed E-state index contributed by atoms with van der Waals surface area (Å²) in [5, 5.41) is 6.26. The predicted octanol–water partition coefficient (Wildman–Crippen LogP) is 1.55. The van der Waals surface area contributed by atoms with Crippen molar-refractivity contribution in [1.82, 2.24) is 15.1 Å². The number of rotatable bonds is 6. The molecule has 1 unspecified atom stereocenters. The van der Waals surface area contributed by atoms with Gasteiger partial charge in [-0.05, 0) is 30.3 Å². The van der Waals surface area contributed by atoms with Crippen LogP contribution in [-0.2, 0) is 14.4 Å². The molecule has 190 valence electrons. The van der Waals surface area contributed by atoms with E-state index in [1.807, 2.05) is 24.3 Å². The highest BCUT2D eigenvalue weighted by Crippen LogP contribution is 2.34. The summed E-state index contributed by atoms with van der Waals surface area (Å²) in [7, 11) is 0. The Morgan fingerprint density at radius 3 is 2.64 bits per heavy atom. The summed E-state index contributed by atoms with van der Waals surface area (Å²) in [5.74, 6) is 0.340. The lowest BCUT2D eigenvalue weighted by molar-refractivity contribution is -0.145. The zero-order valence-electron chi connectivity index (χ0n) is 19.7. The second-order valence-electron chi connectivity index (χ2n) is 8.96. The van der Waals surface area contributed by atoms with Gasteiger partial charge in [0.15, 0.2) is 11.5 Å². The number of amides is 3. The van der Waals surface area contributed by atoms with E-state index in [1.54, 1.807) is 18.2 Å². The first-order valence-electron chi connectivity index (χ1n) is 12.0. The van der Waals surface area contributed by atoms with Crippen LogP contribution < -0.4 is 25.0 Å². The number of nitrogens with zero attached hydrogens (tertiary/aromatic N) is 3. The molecule has 0 radical (unpaired) electrons. The molecule has 5 rings (SSSR count). The molecular weight excluding hydrogens is 486 g/mol. The van der Waals surface area contributed by atoms with Crippen molar-refractivity contribution in [2.24, 2.45) is 0 Å². The molecular formula is C25H28ClN5O5. The molecule has 3 aliphatic heterocycles. The van der Waals surface area contributed by atoms with Gasteiger partial charge in [0.2, 0.25) is 24.5 Å². The van der Waals surface area contributed by atoms with Gasteiger partial charge in [-0.25, -0.2) is 0 Å². The highest BCUT2D eigenvalue weighted by atomic mass is 35.5. The predicted molar refractivity (Wildman–Crippen MR) is 134 cm³/mol. The van der Waals surface area contributed by atoms with Crippen LogP contribution in [-0.4, -0.2) is 86.2 Å². The summed E-state index contributed by atoms with van der Waals surface area (Å²) in [6, 6.07) is 12.0. The molecule has 3 aliphatic rings. The van der Waals surface area contributed by atoms with Crippen LogP contribution in [0.5, 0.6) is 11.5 Å². The minimum absolute atomic E-state index is 0.130. The minimum atomic E-state index is -0.854. The molecule has 0 aromatic heterocycles. The number of piperazine rings is 2. The summed E-state index contributed by atoms with van der Waals surface area (Å²) in [5.41, 5.74) is 1.60. The van der Waals surface area contributed by atoms with E-state index in [-0.39, 0.29) is 37.5 Å². The number of benzene rings is 2. The number of anilines is 2. The van der Waals surface area contributed by atoms with Crippen LogP contribution in [0.2, 0.25) is 5.02 Å². The van der Waals surface area contributed by atoms with Gasteiger partial charge in [0, 0.05) is 61.7 Å². The third-order valence-corrected chi connectivity index (χ3v) is 6.83. The molecule has 36 heavy (non-hydrogen) atoms. The van der Waals surface area contributed by atoms with E-state index in [2.05, 4.69) is 20.4 Å². The maximum Gasteiger partial charge on any atom is 0.243 e. The van der Waals surface area contributed by atoms with E-state index in [9.17, 15) is 14.4 Å². The van der Waals surface area contributed by atoms with Gasteiger partial charge in [0.25, 0.3) is 0 Å². The number of fused-ring (bicyclic) bond motifs is 1. The molecule has 3 amide bonds. The third-order valence-electron chi connectivity index (χ3n) is 6.59. The molecule has 2 aromatic carbocycles. The summed E-state index contributed by atoms with van der Waals surface area (Å²) >= 11 is 6.12. The number of carbonyl (C=O) groups is 3. The minimum Gasteiger partial charge on any atom is -0.454 e. The van der Waals surface area contributed by atoms with Gasteiger partial charge in [0.05, 0.1) is 13.0 Å². The molecule has 2 fully saturated rings. The number of carbonyl (C=O) groups excluding carboxylic acids is 3. The van der Waals surface area contributed by atoms with E-state index in [0.29, 0.717) is 48.4 Å². The fourth-order valence-electron chi connectivity index (χ4n) is 4.70. The summed E-state index contributed by atoms with van der Waals surface area (Å²) in [4.78, 5) is 44.4. The maximum atomic E-state index is 13.2. The lowest BCUT2D eigenvalue weighted by Gasteiger charge is -2.39. The molecule has 3 heterocycles. The van der Waals surface area contributed by atoms with Crippen LogP contribution in [0.3, 0.4) is 0 Å². The highest BCUT2D eigenvalue weighted by molar-refractivity contribution is 6.30. The molecule has 10 nitrogen and oxygen atoms in total. The Hall–Kier alpha value is -3.50. The molecule has 11 heteroatoms. The van der Waals surface area contributed by atoms with Gasteiger partial charge < -0.3 is 29.9 Å². The third kappa shape index (κ3) is 5.50. The Kier molecular flexibility index (Phi) is 7.15. The van der Waals surface area contributed by atoms with Crippen LogP contribution in [0.15, 0.2) is 42.5 Å². The van der Waals surface area contributed by atoms with Crippen molar-refractivity contribution >= 4 is 40.7 Å². The number of halogens is 1. The Balaban J connectivity index is 1.16. The number of hydrogen-bond acceptors (Lipinski definition) is 7. The molecule has 0 bridgehead atoms. The summed E-state index contributed by atoms with van der Waals surface area (Å²) in [6.07, 6.45) is -0.130. The Bertz CT molecular complexity index is 1150. The van der Waals surface area contributed by atoms with Crippen LogP contribution in [0.1, 0.15) is 6.42 Å². The second kappa shape index (κ2) is 10.6. The number of ether oxygens (including phenoxy) is 2. The Morgan fingerprint density at radius 1 is 1.03 bits per heavy atom. The van der Waals surface area contributed by atoms with Gasteiger partial charge in [-0.2, -0.15) is 0 Å². The SMILES string of the molecule is O=C(CC1C(=O)NCCN1C(=O)CN1CCN(c2cccc(Cl)c2)CC1)Nc1ccc2c(c1)OCO2. The second-order valence-corrected chi connectivity index (χ2v) is 9.39. The first-order valence-corrected chi connectivity index (χ1v) is 12.3. The van der Waals surface area contributed by atoms with Gasteiger partial charge in [0.1, 0.15) is 6.04 Å². The van der Waals surface area contributed by atoms with Gasteiger partial charge in [-0.15, -0.1) is 0 Å². The van der Waals surface area contributed by atoms with Crippen molar-refractivity contribution in [1.29, 1.82) is 0 Å². The standard InChI is InChI=1S/C25H28ClN5O5/c26-17-2-1-3-19(12-17)30-10-8-29(9-11-30)15-24(33)31-7-6-27-25(34)20(31)14-23(32)28-18-4-5-21-22(13-18)36-16-35-21/h1-5,12-13,20H,6-11,14-16H2,(H,27,34)(H,28,32). The monoisotopic (exact) mass is 513 g/mol. The van der Waals surface area contributed by atoms with E-state index in [0.717, 1.165) is 18.8 Å². The fourth-order valence-corrected chi connectivity index (χ4v) is 4.88. The van der Waals surface area contributed by atoms with Crippen molar-refractivity contribution in [3.05, 3.63) is 47.5 Å². The van der Waals surface area contributed by atoms with Crippen LogP contribution in [0.25, 0.3) is 0 Å². The largest absolute Gasteiger partial charge is 0.454 e. The lowest BCUT2D eigenvalue weighted by Crippen LogP contribution is -2.60. The van der Waals surface area contributed by atoms with Crippen molar-refractivity contribution in [2.75, 3.05) is 62.8 Å². The lowest BCUT2D eigenvalue weighted by atomic mass is 10.1. The molecule has 1 atom stereocenters. The normalized spacial score (nSPS) is 19.7. The molecule has 2 aromatic rings. The molecule has 0 spiro atoms. The smallest absolute Gasteiger partial charge is 0.243 e. The molecule has 0 aliphatic carbocycles. The van der Waals surface area contributed by atoms with Crippen LogP contribution in [0.4, 0.5) is 11.4 Å². The molecule has 2 saturated heterocycles. The maximum absolute atomic E-state index is 13.2. The van der Waals surface area contributed by atoms with Crippen molar-refractivity contribution in [3.8, 4) is 11.5 Å². The van der Waals surface area contributed by atoms with Crippen molar-refractivity contribution < 1.29 is 23.9 Å². The quantitative estimate of drug-likeness (QED) is 0.604. The first kappa shape index (κ1) is 24.2.